The van der Waals surface area contributed by atoms with Crippen LogP contribution in [0, 0.1) is 6.92 Å². The van der Waals surface area contributed by atoms with Gasteiger partial charge in [0.25, 0.3) is 21.8 Å². The van der Waals surface area contributed by atoms with Crippen molar-refractivity contribution >= 4 is 33.7 Å². The van der Waals surface area contributed by atoms with Gasteiger partial charge in [0.1, 0.15) is 18.0 Å². The molecular weight excluding hydrogens is 580 g/mol. The number of rotatable bonds is 14. The lowest BCUT2D eigenvalue weighted by atomic mass is 10.1. The zero-order chi connectivity index (χ0) is 31.4. The van der Waals surface area contributed by atoms with E-state index in [1.807, 2.05) is 37.3 Å². The van der Waals surface area contributed by atoms with Gasteiger partial charge >= 0.3 is 0 Å². The van der Waals surface area contributed by atoms with Crippen molar-refractivity contribution in [1.29, 1.82) is 0 Å². The van der Waals surface area contributed by atoms with Gasteiger partial charge in [0.2, 0.25) is 0 Å². The Balaban J connectivity index is 1.31. The van der Waals surface area contributed by atoms with Crippen LogP contribution in [0.4, 0.5) is 5.69 Å². The zero-order valence-electron chi connectivity index (χ0n) is 24.5. The molecule has 4 aromatic carbocycles. The number of ether oxygens (including phenoxy) is 2. The molecule has 0 aliphatic heterocycles. The van der Waals surface area contributed by atoms with Crippen LogP contribution in [0.2, 0.25) is 0 Å². The lowest BCUT2D eigenvalue weighted by Crippen LogP contribution is -2.39. The zero-order valence-corrected chi connectivity index (χ0v) is 25.3. The van der Waals surface area contributed by atoms with Crippen molar-refractivity contribution in [3.63, 3.8) is 0 Å². The van der Waals surface area contributed by atoms with Crippen molar-refractivity contribution in [1.82, 2.24) is 10.7 Å². The van der Waals surface area contributed by atoms with Crippen LogP contribution in [0.1, 0.15) is 16.7 Å². The number of hydrazone groups is 1. The van der Waals surface area contributed by atoms with Gasteiger partial charge in [-0.1, -0.05) is 54.1 Å². The van der Waals surface area contributed by atoms with Crippen LogP contribution in [0.3, 0.4) is 0 Å². The SMILES string of the molecule is COc1cccc(N(CC(=O)N/N=C\c2ccc(OCC(=O)NCCc3ccccc3)cc2)S(=O)(=O)c2ccc(C)cc2)c1. The smallest absolute Gasteiger partial charge is 0.264 e. The predicted octanol–water partition coefficient (Wildman–Crippen LogP) is 4.09. The van der Waals surface area contributed by atoms with Crippen LogP contribution in [0.25, 0.3) is 0 Å². The highest BCUT2D eigenvalue weighted by molar-refractivity contribution is 7.92. The van der Waals surface area contributed by atoms with E-state index >= 15 is 0 Å². The van der Waals surface area contributed by atoms with Gasteiger partial charge in [-0.15, -0.1) is 0 Å². The van der Waals surface area contributed by atoms with Gasteiger partial charge in [-0.05, 0) is 73.0 Å². The van der Waals surface area contributed by atoms with Gasteiger partial charge < -0.3 is 14.8 Å². The van der Waals surface area contributed by atoms with E-state index in [1.54, 1.807) is 60.7 Å². The molecule has 0 fully saturated rings. The molecule has 0 aliphatic carbocycles. The summed E-state index contributed by atoms with van der Waals surface area (Å²) in [5, 5.41) is 6.80. The minimum absolute atomic E-state index is 0.0502. The molecule has 0 atom stereocenters. The fourth-order valence-corrected chi connectivity index (χ4v) is 5.52. The molecule has 228 valence electrons. The number of anilines is 1. The molecule has 0 heterocycles. The topological polar surface area (TPSA) is 126 Å². The third kappa shape index (κ3) is 9.17. The Hall–Kier alpha value is -5.16. The Morgan fingerprint density at radius 3 is 2.30 bits per heavy atom. The highest BCUT2D eigenvalue weighted by atomic mass is 32.2. The van der Waals surface area contributed by atoms with Crippen LogP contribution < -0.4 is 24.5 Å². The molecule has 0 radical (unpaired) electrons. The van der Waals surface area contributed by atoms with Gasteiger partial charge in [-0.2, -0.15) is 5.10 Å². The van der Waals surface area contributed by atoms with E-state index in [9.17, 15) is 18.0 Å². The molecule has 44 heavy (non-hydrogen) atoms. The molecule has 0 saturated carbocycles. The molecular formula is C33H34N4O6S. The summed E-state index contributed by atoms with van der Waals surface area (Å²) >= 11 is 0. The number of nitrogens with one attached hydrogen (secondary N) is 2. The highest BCUT2D eigenvalue weighted by Gasteiger charge is 2.27. The number of aryl methyl sites for hydroxylation is 1. The Morgan fingerprint density at radius 1 is 0.864 bits per heavy atom. The van der Waals surface area contributed by atoms with Gasteiger partial charge in [-0.3, -0.25) is 13.9 Å². The molecule has 0 aliphatic rings. The largest absolute Gasteiger partial charge is 0.497 e. The third-order valence-electron chi connectivity index (χ3n) is 6.47. The minimum atomic E-state index is -4.08. The summed E-state index contributed by atoms with van der Waals surface area (Å²) in [6.07, 6.45) is 2.15. The molecule has 11 heteroatoms. The second-order valence-corrected chi connectivity index (χ2v) is 11.6. The van der Waals surface area contributed by atoms with E-state index in [0.29, 0.717) is 23.6 Å². The molecule has 0 aromatic heterocycles. The van der Waals surface area contributed by atoms with Crippen LogP contribution in [0.15, 0.2) is 113 Å². The van der Waals surface area contributed by atoms with Crippen molar-refractivity contribution < 1.29 is 27.5 Å². The van der Waals surface area contributed by atoms with Gasteiger partial charge in [-0.25, -0.2) is 13.8 Å². The average Bonchev–Trinajstić information content (AvgIpc) is 3.04. The summed E-state index contributed by atoms with van der Waals surface area (Å²) in [5.74, 6) is 0.0837. The number of hydrogen-bond acceptors (Lipinski definition) is 7. The van der Waals surface area contributed by atoms with Crippen LogP contribution >= 0.6 is 0 Å². The summed E-state index contributed by atoms with van der Waals surface area (Å²) in [5.41, 5.74) is 5.36. The first-order valence-corrected chi connectivity index (χ1v) is 15.3. The molecule has 0 spiro atoms. The molecule has 0 unspecified atom stereocenters. The molecule has 2 amide bonds. The summed E-state index contributed by atoms with van der Waals surface area (Å²) in [7, 11) is -2.60. The van der Waals surface area contributed by atoms with E-state index < -0.39 is 22.5 Å². The fraction of sp³-hybridized carbons (Fsp3) is 0.182. The fourth-order valence-electron chi connectivity index (χ4n) is 4.10. The monoisotopic (exact) mass is 614 g/mol. The van der Waals surface area contributed by atoms with E-state index in [4.69, 9.17) is 9.47 Å². The molecule has 0 bridgehead atoms. The summed E-state index contributed by atoms with van der Waals surface area (Å²) in [6.45, 7) is 1.74. The molecule has 4 aromatic rings. The Morgan fingerprint density at radius 2 is 1.59 bits per heavy atom. The normalized spacial score (nSPS) is 11.1. The van der Waals surface area contributed by atoms with Crippen LogP contribution in [-0.2, 0) is 26.0 Å². The van der Waals surface area contributed by atoms with Crippen LogP contribution in [0.5, 0.6) is 11.5 Å². The van der Waals surface area contributed by atoms with E-state index in [-0.39, 0.29) is 23.1 Å². The first-order chi connectivity index (χ1) is 21.2. The van der Waals surface area contributed by atoms with Crippen LogP contribution in [-0.4, -0.2) is 53.3 Å². The van der Waals surface area contributed by atoms with Gasteiger partial charge in [0.05, 0.1) is 23.9 Å². The number of carbonyl (C=O) groups is 2. The standard InChI is InChI=1S/C33H34N4O6S/c1-25-11-17-31(18-12-25)44(40,41)37(28-9-6-10-30(21-28)42-2)23-32(38)36-35-22-27-13-15-29(16-14-27)43-24-33(39)34-20-19-26-7-4-3-5-8-26/h3-18,21-22H,19-20,23-24H2,1-2H3,(H,34,39)(H,36,38)/b35-22-. The van der Waals surface area contributed by atoms with Crippen molar-refractivity contribution in [2.45, 2.75) is 18.2 Å². The summed E-state index contributed by atoms with van der Waals surface area (Å²) in [6, 6.07) is 29.5. The van der Waals surface area contributed by atoms with Crippen molar-refractivity contribution in [3.8, 4) is 11.5 Å². The maximum atomic E-state index is 13.5. The Labute approximate surface area is 257 Å². The summed E-state index contributed by atoms with van der Waals surface area (Å²) in [4.78, 5) is 25.0. The maximum absolute atomic E-state index is 13.5. The average molecular weight is 615 g/mol. The number of nitrogens with zero attached hydrogens (tertiary/aromatic N) is 2. The second-order valence-electron chi connectivity index (χ2n) is 9.76. The third-order valence-corrected chi connectivity index (χ3v) is 8.26. The number of benzene rings is 4. The molecule has 4 rings (SSSR count). The maximum Gasteiger partial charge on any atom is 0.264 e. The molecule has 0 saturated heterocycles. The first-order valence-electron chi connectivity index (χ1n) is 13.8. The Kier molecular flexibility index (Phi) is 11.1. The van der Waals surface area contributed by atoms with E-state index in [2.05, 4.69) is 15.8 Å². The van der Waals surface area contributed by atoms with E-state index in [0.717, 1.165) is 21.9 Å². The van der Waals surface area contributed by atoms with Gasteiger partial charge in [0, 0.05) is 12.6 Å². The lowest BCUT2D eigenvalue weighted by Gasteiger charge is -2.24. The highest BCUT2D eigenvalue weighted by Crippen LogP contribution is 2.27. The number of hydrogen-bond donors (Lipinski definition) is 2. The minimum Gasteiger partial charge on any atom is -0.497 e. The quantitative estimate of drug-likeness (QED) is 0.163. The molecule has 2 N–H and O–H groups in total. The number of sulfonamides is 1. The second kappa shape index (κ2) is 15.4. The van der Waals surface area contributed by atoms with Gasteiger partial charge in [0.15, 0.2) is 6.61 Å². The Bertz CT molecular complexity index is 1680. The number of methoxy groups -OCH3 is 1. The first kappa shape index (κ1) is 31.8. The van der Waals surface area contributed by atoms with Crippen molar-refractivity contribution in [2.75, 3.05) is 31.1 Å². The predicted molar refractivity (Wildman–Crippen MR) is 170 cm³/mol. The van der Waals surface area contributed by atoms with Crippen molar-refractivity contribution in [2.24, 2.45) is 5.10 Å². The number of carbonyl (C=O) groups excluding carboxylic acids is 2. The lowest BCUT2D eigenvalue weighted by molar-refractivity contribution is -0.123. The summed E-state index contributed by atoms with van der Waals surface area (Å²) < 4.78 is 38.9. The van der Waals surface area contributed by atoms with E-state index in [1.165, 1.54) is 25.5 Å². The number of amides is 2. The van der Waals surface area contributed by atoms with Crippen molar-refractivity contribution in [3.05, 3.63) is 120 Å². The molecule has 10 nitrogen and oxygen atoms in total.